The smallest absolute Gasteiger partial charge is 0.378 e. The fraction of sp³-hybridized carbons (Fsp3) is 0.182. The van der Waals surface area contributed by atoms with Crippen molar-refractivity contribution in [1.29, 1.82) is 0 Å². The second-order valence-corrected chi connectivity index (χ2v) is 6.22. The van der Waals surface area contributed by atoms with E-state index >= 15 is 0 Å². The maximum absolute atomic E-state index is 13.0. The number of nitrogens with one attached hydrogen (secondary N) is 1. The van der Waals surface area contributed by atoms with Crippen LogP contribution in [0.2, 0.25) is 0 Å². The highest BCUT2D eigenvalue weighted by Crippen LogP contribution is 2.31. The van der Waals surface area contributed by atoms with Crippen molar-refractivity contribution in [3.05, 3.63) is 89.5 Å². The zero-order chi connectivity index (χ0) is 18.7. The van der Waals surface area contributed by atoms with Crippen molar-refractivity contribution >= 4 is 16.5 Å². The Bertz CT molecular complexity index is 936. The fourth-order valence-electron chi connectivity index (χ4n) is 3.14. The molecule has 0 aliphatic carbocycles. The van der Waals surface area contributed by atoms with Crippen LogP contribution >= 0.6 is 0 Å². The molecule has 0 aliphatic heterocycles. The van der Waals surface area contributed by atoms with E-state index in [-0.39, 0.29) is 6.04 Å². The maximum Gasteiger partial charge on any atom is 0.416 e. The van der Waals surface area contributed by atoms with Crippen LogP contribution in [0.4, 0.5) is 13.2 Å². The minimum absolute atomic E-state index is 0.0538. The molecule has 3 aromatic carbocycles. The largest absolute Gasteiger partial charge is 0.416 e. The topological polar surface area (TPSA) is 12.0 Å². The van der Waals surface area contributed by atoms with E-state index in [4.69, 9.17) is 0 Å². The highest BCUT2D eigenvalue weighted by Gasteiger charge is 2.30. The van der Waals surface area contributed by atoms with E-state index in [1.165, 1.54) is 12.1 Å². The van der Waals surface area contributed by atoms with Crippen molar-refractivity contribution in [1.82, 2.24) is 5.32 Å². The lowest BCUT2D eigenvalue weighted by molar-refractivity contribution is -0.137. The van der Waals surface area contributed by atoms with Gasteiger partial charge in [0.15, 0.2) is 0 Å². The van der Waals surface area contributed by atoms with Gasteiger partial charge in [0.1, 0.15) is 0 Å². The Morgan fingerprint density at radius 2 is 1.65 bits per heavy atom. The Morgan fingerprint density at radius 3 is 2.38 bits per heavy atom. The molecule has 1 atom stereocenters. The second-order valence-electron chi connectivity index (χ2n) is 6.22. The molecule has 0 bridgehead atoms. The molecule has 0 amide bonds. The van der Waals surface area contributed by atoms with Crippen LogP contribution in [0.5, 0.6) is 0 Å². The zero-order valence-corrected chi connectivity index (χ0v) is 14.6. The zero-order valence-electron chi connectivity index (χ0n) is 14.6. The lowest BCUT2D eigenvalue weighted by Gasteiger charge is -2.21. The van der Waals surface area contributed by atoms with Crippen molar-refractivity contribution in [2.24, 2.45) is 0 Å². The Labute approximate surface area is 151 Å². The van der Waals surface area contributed by atoms with Gasteiger partial charge in [-0.25, -0.2) is 0 Å². The van der Waals surface area contributed by atoms with Crippen LogP contribution in [0, 0.1) is 0 Å². The molecule has 134 valence electrons. The number of hydrogen-bond donors (Lipinski definition) is 1. The van der Waals surface area contributed by atoms with Crippen LogP contribution in [-0.4, -0.2) is 0 Å². The van der Waals surface area contributed by atoms with Crippen LogP contribution in [-0.2, 0) is 6.18 Å². The van der Waals surface area contributed by atoms with E-state index in [0.29, 0.717) is 11.3 Å². The number of rotatable bonds is 4. The van der Waals surface area contributed by atoms with E-state index in [2.05, 4.69) is 23.5 Å². The predicted octanol–water partition coefficient (Wildman–Crippen LogP) is 6.57. The number of benzene rings is 3. The van der Waals surface area contributed by atoms with Gasteiger partial charge in [0.05, 0.1) is 5.56 Å². The number of alkyl halides is 3. The molecule has 0 fully saturated rings. The van der Waals surface area contributed by atoms with Crippen LogP contribution in [0.1, 0.15) is 36.6 Å². The first-order valence-electron chi connectivity index (χ1n) is 8.48. The molecule has 1 N–H and O–H groups in total. The second kappa shape index (κ2) is 7.24. The van der Waals surface area contributed by atoms with Gasteiger partial charge in [-0.2, -0.15) is 13.2 Å². The maximum atomic E-state index is 13.0. The third-order valence-electron chi connectivity index (χ3n) is 4.45. The molecule has 1 nitrogen and oxygen atoms in total. The van der Waals surface area contributed by atoms with E-state index in [9.17, 15) is 13.2 Å². The minimum Gasteiger partial charge on any atom is -0.378 e. The van der Waals surface area contributed by atoms with Crippen molar-refractivity contribution in [2.75, 3.05) is 0 Å². The highest BCUT2D eigenvalue weighted by molar-refractivity contribution is 5.86. The van der Waals surface area contributed by atoms with E-state index in [0.717, 1.165) is 22.4 Å². The lowest BCUT2D eigenvalue weighted by atomic mass is 9.98. The molecule has 0 spiro atoms. The van der Waals surface area contributed by atoms with Gasteiger partial charge in [0.2, 0.25) is 0 Å². The quantitative estimate of drug-likeness (QED) is 0.558. The molecule has 0 saturated heterocycles. The summed E-state index contributed by atoms with van der Waals surface area (Å²) in [6.45, 7) is 3.83. The average molecular weight is 355 g/mol. The molecule has 0 aliphatic rings. The van der Waals surface area contributed by atoms with Crippen molar-refractivity contribution in [3.63, 3.8) is 0 Å². The Kier molecular flexibility index (Phi) is 5.03. The standard InChI is InChI=1S/C22H20F3N/c1-3-21(17-10-6-11-18(14-17)22(23,24)25)26-15(2)19-13-7-9-16-8-4-5-12-20(16)19/h3-15,26H,1-2H3/t15-/m1/s1. The van der Waals surface area contributed by atoms with Crippen LogP contribution < -0.4 is 5.32 Å². The number of hydrogen-bond acceptors (Lipinski definition) is 1. The van der Waals surface area contributed by atoms with Crippen molar-refractivity contribution in [3.8, 4) is 0 Å². The van der Waals surface area contributed by atoms with Crippen LogP contribution in [0.15, 0.2) is 72.8 Å². The summed E-state index contributed by atoms with van der Waals surface area (Å²) >= 11 is 0. The number of halogens is 3. The summed E-state index contributed by atoms with van der Waals surface area (Å²) in [6.07, 6.45) is -2.55. The Morgan fingerprint density at radius 1 is 0.962 bits per heavy atom. The molecule has 3 rings (SSSR count). The number of fused-ring (bicyclic) bond motifs is 1. The van der Waals surface area contributed by atoms with Gasteiger partial charge in [0, 0.05) is 11.7 Å². The van der Waals surface area contributed by atoms with Gasteiger partial charge in [-0.05, 0) is 47.9 Å². The average Bonchev–Trinajstić information content (AvgIpc) is 2.65. The molecule has 0 heterocycles. The molecule has 26 heavy (non-hydrogen) atoms. The summed E-state index contributed by atoms with van der Waals surface area (Å²) in [5.41, 5.74) is 1.66. The fourth-order valence-corrected chi connectivity index (χ4v) is 3.14. The van der Waals surface area contributed by atoms with Gasteiger partial charge in [-0.15, -0.1) is 0 Å². The summed E-state index contributed by atoms with van der Waals surface area (Å²) in [6, 6.07) is 19.5. The summed E-state index contributed by atoms with van der Waals surface area (Å²) in [7, 11) is 0. The first-order chi connectivity index (χ1) is 12.4. The van der Waals surface area contributed by atoms with E-state index < -0.39 is 11.7 Å². The third kappa shape index (κ3) is 3.74. The number of allylic oxidation sites excluding steroid dienone is 1. The summed E-state index contributed by atoms with van der Waals surface area (Å²) < 4.78 is 39.0. The van der Waals surface area contributed by atoms with E-state index in [1.807, 2.05) is 38.1 Å². The molecule has 0 aromatic heterocycles. The summed E-state index contributed by atoms with van der Waals surface area (Å²) in [5.74, 6) is 0. The first-order valence-corrected chi connectivity index (χ1v) is 8.48. The van der Waals surface area contributed by atoms with Crippen LogP contribution in [0.25, 0.3) is 16.5 Å². The minimum atomic E-state index is -4.35. The van der Waals surface area contributed by atoms with Gasteiger partial charge in [-0.1, -0.05) is 60.7 Å². The summed E-state index contributed by atoms with van der Waals surface area (Å²) in [4.78, 5) is 0. The SMILES string of the molecule is CC=C(N[C@H](C)c1cccc2ccccc12)c1cccc(C(F)(F)F)c1. The molecule has 0 unspecified atom stereocenters. The molecule has 4 heteroatoms. The molecule has 3 aromatic rings. The van der Waals surface area contributed by atoms with Gasteiger partial charge >= 0.3 is 6.18 Å². The van der Waals surface area contributed by atoms with Crippen molar-refractivity contribution in [2.45, 2.75) is 26.1 Å². The lowest BCUT2D eigenvalue weighted by Crippen LogP contribution is -2.18. The molecule has 0 radical (unpaired) electrons. The monoisotopic (exact) mass is 355 g/mol. The van der Waals surface area contributed by atoms with Gasteiger partial charge < -0.3 is 5.32 Å². The molecular formula is C22H20F3N. The van der Waals surface area contributed by atoms with E-state index in [1.54, 1.807) is 12.1 Å². The normalized spacial score (nSPS) is 13.7. The van der Waals surface area contributed by atoms with Crippen LogP contribution in [0.3, 0.4) is 0 Å². The Balaban J connectivity index is 1.91. The van der Waals surface area contributed by atoms with Crippen molar-refractivity contribution < 1.29 is 13.2 Å². The third-order valence-corrected chi connectivity index (χ3v) is 4.45. The molecular weight excluding hydrogens is 335 g/mol. The molecule has 0 saturated carbocycles. The van der Waals surface area contributed by atoms with Gasteiger partial charge in [0.25, 0.3) is 0 Å². The Hall–Kier alpha value is -2.75. The first kappa shape index (κ1) is 18.1. The summed E-state index contributed by atoms with van der Waals surface area (Å²) in [5, 5.41) is 5.64. The van der Waals surface area contributed by atoms with Gasteiger partial charge in [-0.3, -0.25) is 0 Å². The highest BCUT2D eigenvalue weighted by atomic mass is 19.4. The predicted molar refractivity (Wildman–Crippen MR) is 101 cm³/mol.